The number of carboxylic acid groups (broad SMARTS) is 1. The van der Waals surface area contributed by atoms with Crippen molar-refractivity contribution in [1.82, 2.24) is 8.61 Å². The molecule has 0 radical (unpaired) electrons. The van der Waals surface area contributed by atoms with E-state index < -0.39 is 27.6 Å². The molecule has 0 saturated carbocycles. The first-order valence-electron chi connectivity index (χ1n) is 7.76. The number of hydrogen-bond acceptors (Lipinski definition) is 3. The van der Waals surface area contributed by atoms with Crippen molar-refractivity contribution < 1.29 is 18.3 Å². The van der Waals surface area contributed by atoms with Crippen LogP contribution < -0.4 is 0 Å². The second kappa shape index (κ2) is 6.22. The number of piperidine rings is 1. The minimum absolute atomic E-state index is 0.305. The monoisotopic (exact) mass is 318 g/mol. The predicted molar refractivity (Wildman–Crippen MR) is 80.1 cm³/mol. The van der Waals surface area contributed by atoms with Crippen LogP contribution >= 0.6 is 0 Å². The minimum atomic E-state index is -3.69. The first-order chi connectivity index (χ1) is 9.77. The largest absolute Gasteiger partial charge is 0.480 e. The van der Waals surface area contributed by atoms with Gasteiger partial charge in [-0.1, -0.05) is 26.7 Å². The van der Waals surface area contributed by atoms with E-state index in [1.165, 1.54) is 8.61 Å². The molecule has 7 heteroatoms. The zero-order valence-corrected chi connectivity index (χ0v) is 13.7. The van der Waals surface area contributed by atoms with Crippen molar-refractivity contribution in [1.29, 1.82) is 0 Å². The molecule has 1 unspecified atom stereocenters. The van der Waals surface area contributed by atoms with Crippen LogP contribution in [0.25, 0.3) is 0 Å². The highest BCUT2D eigenvalue weighted by atomic mass is 32.2. The van der Waals surface area contributed by atoms with E-state index in [1.807, 2.05) is 13.8 Å². The summed E-state index contributed by atoms with van der Waals surface area (Å²) in [6.07, 6.45) is 5.24. The maximum absolute atomic E-state index is 12.9. The summed E-state index contributed by atoms with van der Waals surface area (Å²) in [4.78, 5) is 11.7. The Bertz CT molecular complexity index is 481. The fourth-order valence-corrected chi connectivity index (χ4v) is 5.49. The Morgan fingerprint density at radius 3 is 2.14 bits per heavy atom. The van der Waals surface area contributed by atoms with Gasteiger partial charge in [-0.15, -0.1) is 0 Å². The number of rotatable bonds is 3. The van der Waals surface area contributed by atoms with Crippen LogP contribution in [0.3, 0.4) is 0 Å². The van der Waals surface area contributed by atoms with E-state index in [-0.39, 0.29) is 0 Å². The first-order valence-corrected chi connectivity index (χ1v) is 9.16. The van der Waals surface area contributed by atoms with E-state index in [0.717, 1.165) is 32.1 Å². The van der Waals surface area contributed by atoms with Crippen LogP contribution in [0, 0.1) is 5.41 Å². The molecule has 0 aromatic carbocycles. The lowest BCUT2D eigenvalue weighted by molar-refractivity contribution is -0.147. The average molecular weight is 318 g/mol. The first kappa shape index (κ1) is 16.7. The van der Waals surface area contributed by atoms with Gasteiger partial charge in [0, 0.05) is 19.6 Å². The standard InChI is InChI=1S/C14H26N2O4S/c1-14(2)8-7-11-16(12(14)13(17)18)21(19,20)15-9-5-3-4-6-10-15/h12H,3-11H2,1-2H3,(H,17,18). The van der Waals surface area contributed by atoms with Gasteiger partial charge in [-0.25, -0.2) is 0 Å². The Labute approximate surface area is 127 Å². The third kappa shape index (κ3) is 3.40. The molecule has 6 nitrogen and oxygen atoms in total. The minimum Gasteiger partial charge on any atom is -0.480 e. The smallest absolute Gasteiger partial charge is 0.322 e. The zero-order valence-electron chi connectivity index (χ0n) is 12.9. The van der Waals surface area contributed by atoms with Crippen molar-refractivity contribution in [3.63, 3.8) is 0 Å². The molecule has 0 aromatic rings. The van der Waals surface area contributed by atoms with Crippen molar-refractivity contribution in [3.05, 3.63) is 0 Å². The van der Waals surface area contributed by atoms with Crippen LogP contribution in [0.4, 0.5) is 0 Å². The summed E-state index contributed by atoms with van der Waals surface area (Å²) in [6, 6.07) is -0.973. The van der Waals surface area contributed by atoms with Crippen LogP contribution in [0.5, 0.6) is 0 Å². The van der Waals surface area contributed by atoms with Gasteiger partial charge in [-0.05, 0) is 31.1 Å². The van der Waals surface area contributed by atoms with Gasteiger partial charge in [-0.3, -0.25) is 4.79 Å². The van der Waals surface area contributed by atoms with Crippen molar-refractivity contribution >= 4 is 16.2 Å². The summed E-state index contributed by atoms with van der Waals surface area (Å²) in [5.41, 5.74) is -0.539. The molecule has 2 saturated heterocycles. The van der Waals surface area contributed by atoms with Gasteiger partial charge in [0.15, 0.2) is 0 Å². The summed E-state index contributed by atoms with van der Waals surface area (Å²) in [6.45, 7) is 5.00. The van der Waals surface area contributed by atoms with Gasteiger partial charge in [0.2, 0.25) is 0 Å². The van der Waals surface area contributed by atoms with Crippen LogP contribution in [0.1, 0.15) is 52.4 Å². The molecule has 0 aliphatic carbocycles. The second-order valence-electron chi connectivity index (χ2n) is 6.76. The Balaban J connectivity index is 2.29. The lowest BCUT2D eigenvalue weighted by Crippen LogP contribution is -2.59. The third-order valence-corrected chi connectivity index (χ3v) is 6.65. The topological polar surface area (TPSA) is 77.9 Å². The molecule has 2 aliphatic rings. The molecule has 1 atom stereocenters. The van der Waals surface area contributed by atoms with Gasteiger partial charge in [0.05, 0.1) is 0 Å². The molecule has 2 rings (SSSR count). The van der Waals surface area contributed by atoms with Crippen LogP contribution in [-0.2, 0) is 15.0 Å². The second-order valence-corrected chi connectivity index (χ2v) is 8.65. The number of hydrogen-bond donors (Lipinski definition) is 1. The zero-order chi connectivity index (χ0) is 15.7. The van der Waals surface area contributed by atoms with E-state index in [9.17, 15) is 18.3 Å². The summed E-state index contributed by atoms with van der Waals surface area (Å²) >= 11 is 0. The predicted octanol–water partition coefficient (Wildman–Crippen LogP) is 1.68. The van der Waals surface area contributed by atoms with Crippen molar-refractivity contribution in [3.8, 4) is 0 Å². The van der Waals surface area contributed by atoms with E-state index >= 15 is 0 Å². The van der Waals surface area contributed by atoms with Gasteiger partial charge >= 0.3 is 5.97 Å². The van der Waals surface area contributed by atoms with Crippen molar-refractivity contribution in [2.24, 2.45) is 5.41 Å². The van der Waals surface area contributed by atoms with E-state index in [2.05, 4.69) is 0 Å². The fraction of sp³-hybridized carbons (Fsp3) is 0.929. The molecule has 2 heterocycles. The normalized spacial score (nSPS) is 29.0. The Morgan fingerprint density at radius 2 is 1.62 bits per heavy atom. The van der Waals surface area contributed by atoms with Crippen LogP contribution in [-0.4, -0.2) is 53.8 Å². The van der Waals surface area contributed by atoms with Crippen LogP contribution in [0.15, 0.2) is 0 Å². The van der Waals surface area contributed by atoms with Crippen molar-refractivity contribution in [2.45, 2.75) is 58.4 Å². The molecule has 0 aromatic heterocycles. The van der Waals surface area contributed by atoms with E-state index in [0.29, 0.717) is 26.1 Å². The number of carboxylic acids is 1. The lowest BCUT2D eigenvalue weighted by Gasteiger charge is -2.44. The summed E-state index contributed by atoms with van der Waals surface area (Å²) < 4.78 is 28.5. The van der Waals surface area contributed by atoms with Gasteiger partial charge in [-0.2, -0.15) is 17.0 Å². The lowest BCUT2D eigenvalue weighted by atomic mass is 9.77. The highest BCUT2D eigenvalue weighted by Crippen LogP contribution is 2.37. The number of nitrogens with zero attached hydrogens (tertiary/aromatic N) is 2. The molecule has 122 valence electrons. The number of carbonyl (C=O) groups is 1. The molecule has 1 N–H and O–H groups in total. The Morgan fingerprint density at radius 1 is 1.05 bits per heavy atom. The summed E-state index contributed by atoms with van der Waals surface area (Å²) in [5.74, 6) is -1.04. The van der Waals surface area contributed by atoms with Gasteiger partial charge in [0.1, 0.15) is 6.04 Å². The Kier molecular flexibility index (Phi) is 4.95. The highest BCUT2D eigenvalue weighted by molar-refractivity contribution is 7.86. The summed E-state index contributed by atoms with van der Waals surface area (Å²) in [7, 11) is -3.69. The fourth-order valence-electron chi connectivity index (χ4n) is 3.47. The molecule has 0 bridgehead atoms. The van der Waals surface area contributed by atoms with Gasteiger partial charge < -0.3 is 5.11 Å². The molecule has 0 amide bonds. The highest BCUT2D eigenvalue weighted by Gasteiger charge is 2.48. The molecule has 0 spiro atoms. The molecular weight excluding hydrogens is 292 g/mol. The summed E-state index contributed by atoms with van der Waals surface area (Å²) in [5, 5.41) is 9.54. The Hall–Kier alpha value is -0.660. The SMILES string of the molecule is CC1(C)CCCN(S(=O)(=O)N2CCCCCC2)C1C(=O)O. The quantitative estimate of drug-likeness (QED) is 0.859. The molecule has 2 fully saturated rings. The molecular formula is C14H26N2O4S. The number of aliphatic carboxylic acids is 1. The molecule has 2 aliphatic heterocycles. The van der Waals surface area contributed by atoms with Crippen LogP contribution in [0.2, 0.25) is 0 Å². The maximum Gasteiger partial charge on any atom is 0.322 e. The molecule has 21 heavy (non-hydrogen) atoms. The third-order valence-electron chi connectivity index (χ3n) is 4.65. The van der Waals surface area contributed by atoms with E-state index in [4.69, 9.17) is 0 Å². The van der Waals surface area contributed by atoms with Gasteiger partial charge in [0.25, 0.3) is 10.2 Å². The van der Waals surface area contributed by atoms with E-state index in [1.54, 1.807) is 0 Å². The maximum atomic E-state index is 12.9. The average Bonchev–Trinajstić information content (AvgIpc) is 2.65. The van der Waals surface area contributed by atoms with Crippen molar-refractivity contribution in [2.75, 3.05) is 19.6 Å².